The monoisotopic (exact) mass is 327 g/mol. The third kappa shape index (κ3) is 2.55. The summed E-state index contributed by atoms with van der Waals surface area (Å²) >= 11 is 6.08. The highest BCUT2D eigenvalue weighted by Gasteiger charge is 2.17. The van der Waals surface area contributed by atoms with Crippen molar-refractivity contribution in [2.24, 2.45) is 7.05 Å². The normalized spacial score (nSPS) is 10.7. The van der Waals surface area contributed by atoms with Gasteiger partial charge in [0.25, 0.3) is 11.5 Å². The summed E-state index contributed by atoms with van der Waals surface area (Å²) in [7, 11) is 1.50. The van der Waals surface area contributed by atoms with E-state index in [9.17, 15) is 14.7 Å². The molecule has 0 radical (unpaired) electrons. The van der Waals surface area contributed by atoms with Crippen molar-refractivity contribution in [2.45, 2.75) is 0 Å². The molecule has 0 unspecified atom stereocenters. The van der Waals surface area contributed by atoms with Gasteiger partial charge in [0.1, 0.15) is 0 Å². The van der Waals surface area contributed by atoms with Gasteiger partial charge in [-0.05, 0) is 24.3 Å². The number of halogens is 1. The Morgan fingerprint density at radius 2 is 1.83 bits per heavy atom. The molecule has 0 bridgehead atoms. The number of pyridine rings is 1. The van der Waals surface area contributed by atoms with Gasteiger partial charge < -0.3 is 15.0 Å². The second kappa shape index (κ2) is 5.78. The first-order chi connectivity index (χ1) is 11.0. The molecule has 1 N–H and O–H groups in total. The van der Waals surface area contributed by atoms with Crippen LogP contribution in [0.25, 0.3) is 10.9 Å². The van der Waals surface area contributed by atoms with E-state index in [0.29, 0.717) is 11.2 Å². The second-order valence-corrected chi connectivity index (χ2v) is 5.43. The van der Waals surface area contributed by atoms with Crippen LogP contribution in [0, 0.1) is 0 Å². The number of aromatic nitrogens is 1. The maximum Gasteiger partial charge on any atom is 0.263 e. The van der Waals surface area contributed by atoms with Gasteiger partial charge >= 0.3 is 0 Å². The van der Waals surface area contributed by atoms with Crippen LogP contribution in [0.5, 0.6) is 5.75 Å². The number of rotatable bonds is 2. The Morgan fingerprint density at radius 3 is 2.52 bits per heavy atom. The molecule has 5 nitrogen and oxygen atoms in total. The number of carbonyl (C=O) groups is 1. The van der Waals surface area contributed by atoms with Crippen molar-refractivity contribution < 1.29 is 9.90 Å². The van der Waals surface area contributed by atoms with Gasteiger partial charge in [0.05, 0.1) is 11.1 Å². The number of hydrogen-bond acceptors (Lipinski definition) is 3. The molecule has 1 amide bonds. The lowest BCUT2D eigenvalue weighted by molar-refractivity contribution is -0.266. The standard InChI is InChI=1S/C17H13ClN2O3/c1-20-12-9-5-8-11(18)13(12)15(21)14(17(20)23)16(22)19-10-6-3-2-4-7-10/h2-9,21H,1H3,(H,19,22)/p-1. The van der Waals surface area contributed by atoms with E-state index < -0.39 is 22.8 Å². The minimum Gasteiger partial charge on any atom is -0.871 e. The lowest BCUT2D eigenvalue weighted by Crippen LogP contribution is -2.30. The zero-order chi connectivity index (χ0) is 16.6. The predicted molar refractivity (Wildman–Crippen MR) is 88.0 cm³/mol. The fraction of sp³-hybridized carbons (Fsp3) is 0.0588. The quantitative estimate of drug-likeness (QED) is 0.786. The first kappa shape index (κ1) is 15.1. The third-order valence-corrected chi connectivity index (χ3v) is 3.90. The Balaban J connectivity index is 2.20. The molecule has 6 heteroatoms. The third-order valence-electron chi connectivity index (χ3n) is 3.58. The summed E-state index contributed by atoms with van der Waals surface area (Å²) in [5.74, 6) is -1.41. The molecule has 3 rings (SSSR count). The molecular formula is C17H12ClN2O3-. The van der Waals surface area contributed by atoms with Crippen molar-refractivity contribution in [3.63, 3.8) is 0 Å². The van der Waals surface area contributed by atoms with Gasteiger partial charge in [-0.2, -0.15) is 0 Å². The molecule has 0 saturated carbocycles. The van der Waals surface area contributed by atoms with Crippen molar-refractivity contribution >= 4 is 34.1 Å². The molecule has 116 valence electrons. The van der Waals surface area contributed by atoms with Gasteiger partial charge in [-0.15, -0.1) is 0 Å². The van der Waals surface area contributed by atoms with Crippen LogP contribution in [-0.4, -0.2) is 10.5 Å². The number of hydrogen-bond donors (Lipinski definition) is 1. The predicted octanol–water partition coefficient (Wildman–Crippen LogP) is 2.52. The molecule has 3 aromatic rings. The molecule has 0 spiro atoms. The molecule has 1 heterocycles. The van der Waals surface area contributed by atoms with Crippen LogP contribution in [0.4, 0.5) is 5.69 Å². The average molecular weight is 328 g/mol. The fourth-order valence-electron chi connectivity index (χ4n) is 2.43. The van der Waals surface area contributed by atoms with Crippen molar-refractivity contribution in [1.29, 1.82) is 0 Å². The van der Waals surface area contributed by atoms with E-state index >= 15 is 0 Å². The van der Waals surface area contributed by atoms with Gasteiger partial charge in [-0.3, -0.25) is 9.59 Å². The number of fused-ring (bicyclic) bond motifs is 1. The zero-order valence-corrected chi connectivity index (χ0v) is 12.9. The number of nitrogens with zero attached hydrogens (tertiary/aromatic N) is 1. The van der Waals surface area contributed by atoms with Crippen molar-refractivity contribution in [2.75, 3.05) is 5.32 Å². The summed E-state index contributed by atoms with van der Waals surface area (Å²) in [5, 5.41) is 15.5. The molecule has 2 aromatic carbocycles. The van der Waals surface area contributed by atoms with Crippen LogP contribution in [-0.2, 0) is 7.05 Å². The minimum absolute atomic E-state index is 0.162. The highest BCUT2D eigenvalue weighted by molar-refractivity contribution is 6.36. The summed E-state index contributed by atoms with van der Waals surface area (Å²) in [6.07, 6.45) is 0. The lowest BCUT2D eigenvalue weighted by atomic mass is 10.1. The molecule has 0 aliphatic rings. The number of para-hydroxylation sites is 1. The van der Waals surface area contributed by atoms with Gasteiger partial charge in [-0.25, -0.2) is 0 Å². The first-order valence-corrected chi connectivity index (χ1v) is 7.23. The summed E-state index contributed by atoms with van der Waals surface area (Å²) < 4.78 is 1.25. The SMILES string of the molecule is Cn1c(=O)c(C(=O)Nc2ccccc2)c([O-])c2c(Cl)cccc21. The number of anilines is 1. The second-order valence-electron chi connectivity index (χ2n) is 5.02. The lowest BCUT2D eigenvalue weighted by Gasteiger charge is -2.19. The largest absolute Gasteiger partial charge is 0.871 e. The van der Waals surface area contributed by atoms with Crippen LogP contribution < -0.4 is 16.0 Å². The first-order valence-electron chi connectivity index (χ1n) is 6.85. The maximum atomic E-state index is 12.6. The Hall–Kier alpha value is -2.79. The molecule has 0 saturated heterocycles. The number of aryl methyl sites for hydroxylation is 1. The van der Waals surface area contributed by atoms with E-state index in [4.69, 9.17) is 11.6 Å². The Morgan fingerprint density at radius 1 is 1.13 bits per heavy atom. The Bertz CT molecular complexity index is 965. The van der Waals surface area contributed by atoms with E-state index in [1.54, 1.807) is 48.5 Å². The zero-order valence-electron chi connectivity index (χ0n) is 12.2. The van der Waals surface area contributed by atoms with Crippen molar-refractivity contribution in [3.8, 4) is 5.75 Å². The van der Waals surface area contributed by atoms with Crippen molar-refractivity contribution in [3.05, 3.63) is 69.5 Å². The highest BCUT2D eigenvalue weighted by Crippen LogP contribution is 2.30. The van der Waals surface area contributed by atoms with Crippen LogP contribution >= 0.6 is 11.6 Å². The number of amides is 1. The number of nitrogens with one attached hydrogen (secondary N) is 1. The Kier molecular flexibility index (Phi) is 3.80. The molecule has 0 aliphatic carbocycles. The van der Waals surface area contributed by atoms with E-state index in [2.05, 4.69) is 5.32 Å². The smallest absolute Gasteiger partial charge is 0.263 e. The summed E-state index contributed by atoms with van der Waals surface area (Å²) in [4.78, 5) is 24.8. The molecule has 0 fully saturated rings. The van der Waals surface area contributed by atoms with Crippen LogP contribution in [0.3, 0.4) is 0 Å². The van der Waals surface area contributed by atoms with Gasteiger partial charge in [-0.1, -0.05) is 41.6 Å². The van der Waals surface area contributed by atoms with E-state index in [-0.39, 0.29) is 10.4 Å². The average Bonchev–Trinajstić information content (AvgIpc) is 2.53. The number of benzene rings is 2. The van der Waals surface area contributed by atoms with E-state index in [0.717, 1.165) is 0 Å². The minimum atomic E-state index is -0.747. The molecular weight excluding hydrogens is 316 g/mol. The topological polar surface area (TPSA) is 74.2 Å². The summed E-state index contributed by atoms with van der Waals surface area (Å²) in [6.45, 7) is 0. The fourth-order valence-corrected chi connectivity index (χ4v) is 2.69. The van der Waals surface area contributed by atoms with Crippen LogP contribution in [0.15, 0.2) is 53.3 Å². The van der Waals surface area contributed by atoms with Crippen LogP contribution in [0.1, 0.15) is 10.4 Å². The molecule has 1 aromatic heterocycles. The maximum absolute atomic E-state index is 12.6. The van der Waals surface area contributed by atoms with Crippen molar-refractivity contribution in [1.82, 2.24) is 4.57 Å². The molecule has 23 heavy (non-hydrogen) atoms. The molecule has 0 atom stereocenters. The Labute approximate surface area is 136 Å². The van der Waals surface area contributed by atoms with Gasteiger partial charge in [0.2, 0.25) is 0 Å². The van der Waals surface area contributed by atoms with E-state index in [1.165, 1.54) is 11.6 Å². The van der Waals surface area contributed by atoms with Gasteiger partial charge in [0, 0.05) is 23.1 Å². The number of carbonyl (C=O) groups excluding carboxylic acids is 1. The van der Waals surface area contributed by atoms with Crippen LogP contribution in [0.2, 0.25) is 5.02 Å². The molecule has 0 aliphatic heterocycles. The van der Waals surface area contributed by atoms with E-state index in [1.807, 2.05) is 0 Å². The highest BCUT2D eigenvalue weighted by atomic mass is 35.5. The summed E-state index contributed by atoms with van der Waals surface area (Å²) in [6, 6.07) is 13.4. The summed E-state index contributed by atoms with van der Waals surface area (Å²) in [5.41, 5.74) is -0.211. The van der Waals surface area contributed by atoms with Gasteiger partial charge in [0.15, 0.2) is 0 Å².